The Morgan fingerprint density at radius 3 is 2.52 bits per heavy atom. The van der Waals surface area contributed by atoms with Gasteiger partial charge >= 0.3 is 0 Å². The minimum absolute atomic E-state index is 0.777. The Hall–Kier alpha value is -0.850. The molecule has 2 rings (SSSR count). The molecule has 0 amide bonds. The van der Waals surface area contributed by atoms with Crippen LogP contribution in [0.2, 0.25) is 0 Å². The van der Waals surface area contributed by atoms with Gasteiger partial charge in [0.25, 0.3) is 0 Å². The summed E-state index contributed by atoms with van der Waals surface area (Å²) in [5, 5.41) is 6.88. The standard InChI is InChI=1S/C15H31N5O/c1-16-15(17-5-8-20-9-11-21-12-10-20)18-13-14-3-6-19(2)7-4-14/h14H,3-13H2,1-2H3,(H2,16,17,18). The second-order valence-corrected chi connectivity index (χ2v) is 6.08. The zero-order chi connectivity index (χ0) is 14.9. The molecule has 2 aliphatic heterocycles. The number of ether oxygens (including phenoxy) is 1. The van der Waals surface area contributed by atoms with Gasteiger partial charge in [0.1, 0.15) is 0 Å². The first-order valence-corrected chi connectivity index (χ1v) is 8.21. The van der Waals surface area contributed by atoms with E-state index in [0.29, 0.717) is 0 Å². The van der Waals surface area contributed by atoms with Crippen LogP contribution in [0.15, 0.2) is 4.99 Å². The Kier molecular flexibility index (Phi) is 7.26. The average Bonchev–Trinajstić information content (AvgIpc) is 2.53. The molecule has 0 unspecified atom stereocenters. The Morgan fingerprint density at radius 1 is 1.14 bits per heavy atom. The van der Waals surface area contributed by atoms with Crippen molar-refractivity contribution >= 4 is 5.96 Å². The molecule has 2 fully saturated rings. The fraction of sp³-hybridized carbons (Fsp3) is 0.933. The zero-order valence-electron chi connectivity index (χ0n) is 13.6. The topological polar surface area (TPSA) is 52.1 Å². The number of hydrogen-bond acceptors (Lipinski definition) is 4. The van der Waals surface area contributed by atoms with Crippen LogP contribution in [0.4, 0.5) is 0 Å². The van der Waals surface area contributed by atoms with Crippen molar-refractivity contribution < 1.29 is 4.74 Å². The van der Waals surface area contributed by atoms with Gasteiger partial charge in [0.2, 0.25) is 0 Å². The molecule has 122 valence electrons. The lowest BCUT2D eigenvalue weighted by Crippen LogP contribution is -2.46. The molecule has 0 bridgehead atoms. The molecule has 0 aromatic rings. The molecule has 0 atom stereocenters. The highest BCUT2D eigenvalue weighted by Gasteiger charge is 2.16. The van der Waals surface area contributed by atoms with Crippen molar-refractivity contribution in [2.24, 2.45) is 10.9 Å². The van der Waals surface area contributed by atoms with Crippen molar-refractivity contribution in [1.29, 1.82) is 0 Å². The second-order valence-electron chi connectivity index (χ2n) is 6.08. The largest absolute Gasteiger partial charge is 0.379 e. The van der Waals surface area contributed by atoms with Crippen molar-refractivity contribution in [1.82, 2.24) is 20.4 Å². The van der Waals surface area contributed by atoms with Crippen molar-refractivity contribution in [3.8, 4) is 0 Å². The SMILES string of the molecule is CN=C(NCCN1CCOCC1)NCC1CCN(C)CC1. The highest BCUT2D eigenvalue weighted by molar-refractivity contribution is 5.79. The Labute approximate surface area is 128 Å². The molecular formula is C15H31N5O. The third kappa shape index (κ3) is 6.20. The number of piperidine rings is 1. The fourth-order valence-electron chi connectivity index (χ4n) is 2.89. The van der Waals surface area contributed by atoms with E-state index >= 15 is 0 Å². The van der Waals surface area contributed by atoms with Crippen molar-refractivity contribution in [3.63, 3.8) is 0 Å². The number of likely N-dealkylation sites (tertiary alicyclic amines) is 1. The first kappa shape index (κ1) is 16.5. The van der Waals surface area contributed by atoms with Crippen molar-refractivity contribution in [2.45, 2.75) is 12.8 Å². The molecule has 2 aliphatic rings. The van der Waals surface area contributed by atoms with E-state index in [2.05, 4.69) is 32.5 Å². The van der Waals surface area contributed by atoms with E-state index in [1.54, 1.807) is 0 Å². The van der Waals surface area contributed by atoms with Crippen molar-refractivity contribution in [3.05, 3.63) is 0 Å². The van der Waals surface area contributed by atoms with E-state index in [1.807, 2.05) is 7.05 Å². The number of morpholine rings is 1. The van der Waals surface area contributed by atoms with Crippen molar-refractivity contribution in [2.75, 3.05) is 73.1 Å². The lowest BCUT2D eigenvalue weighted by atomic mass is 9.97. The van der Waals surface area contributed by atoms with Gasteiger partial charge in [-0.1, -0.05) is 0 Å². The van der Waals surface area contributed by atoms with Crippen LogP contribution in [0.3, 0.4) is 0 Å². The van der Waals surface area contributed by atoms with Crippen LogP contribution in [0.5, 0.6) is 0 Å². The van der Waals surface area contributed by atoms with Gasteiger partial charge in [-0.25, -0.2) is 0 Å². The molecule has 0 aromatic carbocycles. The fourth-order valence-corrected chi connectivity index (χ4v) is 2.89. The quantitative estimate of drug-likeness (QED) is 0.545. The molecule has 2 N–H and O–H groups in total. The van der Waals surface area contributed by atoms with Crippen LogP contribution < -0.4 is 10.6 Å². The second kappa shape index (κ2) is 9.23. The Bertz CT molecular complexity index is 309. The smallest absolute Gasteiger partial charge is 0.191 e. The zero-order valence-corrected chi connectivity index (χ0v) is 13.6. The number of aliphatic imine (C=N–C) groups is 1. The van der Waals surface area contributed by atoms with Gasteiger partial charge in [-0.3, -0.25) is 9.89 Å². The number of guanidine groups is 1. The lowest BCUT2D eigenvalue weighted by Gasteiger charge is -2.29. The van der Waals surface area contributed by atoms with E-state index < -0.39 is 0 Å². The summed E-state index contributed by atoms with van der Waals surface area (Å²) in [6, 6.07) is 0. The number of nitrogens with one attached hydrogen (secondary N) is 2. The average molecular weight is 297 g/mol. The summed E-state index contributed by atoms with van der Waals surface area (Å²) in [6.45, 7) is 9.28. The normalized spacial score (nSPS) is 23.2. The first-order chi connectivity index (χ1) is 10.3. The van der Waals surface area contributed by atoms with Gasteiger partial charge in [0, 0.05) is 39.8 Å². The summed E-state index contributed by atoms with van der Waals surface area (Å²) in [5.74, 6) is 1.71. The minimum atomic E-state index is 0.777. The van der Waals surface area contributed by atoms with Gasteiger partial charge in [0.15, 0.2) is 5.96 Å². The molecule has 6 nitrogen and oxygen atoms in total. The number of nitrogens with zero attached hydrogens (tertiary/aromatic N) is 3. The van der Waals surface area contributed by atoms with Crippen LogP contribution >= 0.6 is 0 Å². The van der Waals surface area contributed by atoms with E-state index in [1.165, 1.54) is 25.9 Å². The molecule has 2 heterocycles. The van der Waals surface area contributed by atoms with Crippen LogP contribution in [0.25, 0.3) is 0 Å². The highest BCUT2D eigenvalue weighted by Crippen LogP contribution is 2.14. The molecular weight excluding hydrogens is 266 g/mol. The van der Waals surface area contributed by atoms with Gasteiger partial charge < -0.3 is 20.3 Å². The maximum atomic E-state index is 5.36. The lowest BCUT2D eigenvalue weighted by molar-refractivity contribution is 0.0389. The predicted molar refractivity (Wildman–Crippen MR) is 86.8 cm³/mol. The maximum Gasteiger partial charge on any atom is 0.191 e. The van der Waals surface area contributed by atoms with E-state index in [-0.39, 0.29) is 0 Å². The molecule has 0 saturated carbocycles. The highest BCUT2D eigenvalue weighted by atomic mass is 16.5. The minimum Gasteiger partial charge on any atom is -0.379 e. The summed E-state index contributed by atoms with van der Waals surface area (Å²) in [4.78, 5) is 9.15. The Morgan fingerprint density at radius 2 is 1.86 bits per heavy atom. The molecule has 21 heavy (non-hydrogen) atoms. The monoisotopic (exact) mass is 297 g/mol. The molecule has 0 aliphatic carbocycles. The third-order valence-corrected chi connectivity index (χ3v) is 4.44. The van der Waals surface area contributed by atoms with Crippen LogP contribution in [0.1, 0.15) is 12.8 Å². The third-order valence-electron chi connectivity index (χ3n) is 4.44. The van der Waals surface area contributed by atoms with Crippen LogP contribution in [0, 0.1) is 5.92 Å². The first-order valence-electron chi connectivity index (χ1n) is 8.21. The molecule has 0 spiro atoms. The maximum absolute atomic E-state index is 5.36. The number of rotatable bonds is 5. The summed E-state index contributed by atoms with van der Waals surface area (Å²) in [6.07, 6.45) is 2.57. The van der Waals surface area contributed by atoms with Gasteiger partial charge in [-0.2, -0.15) is 0 Å². The number of hydrogen-bond donors (Lipinski definition) is 2. The van der Waals surface area contributed by atoms with E-state index in [9.17, 15) is 0 Å². The van der Waals surface area contributed by atoms with E-state index in [0.717, 1.165) is 57.8 Å². The summed E-state index contributed by atoms with van der Waals surface area (Å²) >= 11 is 0. The molecule has 0 radical (unpaired) electrons. The van der Waals surface area contributed by atoms with Gasteiger partial charge in [-0.05, 0) is 38.9 Å². The summed E-state index contributed by atoms with van der Waals surface area (Å²) in [5.41, 5.74) is 0. The van der Waals surface area contributed by atoms with Crippen LogP contribution in [-0.2, 0) is 4.74 Å². The van der Waals surface area contributed by atoms with Crippen LogP contribution in [-0.4, -0.2) is 88.9 Å². The van der Waals surface area contributed by atoms with Gasteiger partial charge in [-0.15, -0.1) is 0 Å². The summed E-state index contributed by atoms with van der Waals surface area (Å²) in [7, 11) is 4.05. The predicted octanol–water partition coefficient (Wildman–Crippen LogP) is -0.175. The van der Waals surface area contributed by atoms with Gasteiger partial charge in [0.05, 0.1) is 13.2 Å². The summed E-state index contributed by atoms with van der Waals surface area (Å²) < 4.78 is 5.36. The Balaban J connectivity index is 1.57. The molecule has 6 heteroatoms. The molecule has 0 aromatic heterocycles. The van der Waals surface area contributed by atoms with E-state index in [4.69, 9.17) is 4.74 Å². The molecule has 2 saturated heterocycles.